The van der Waals surface area contributed by atoms with Crippen molar-refractivity contribution in [2.24, 2.45) is 0 Å². The third-order valence-electron chi connectivity index (χ3n) is 2.91. The second kappa shape index (κ2) is 5.18. The average Bonchev–Trinajstić information content (AvgIpc) is 2.33. The summed E-state index contributed by atoms with van der Waals surface area (Å²) < 4.78 is 0. The summed E-state index contributed by atoms with van der Waals surface area (Å²) in [5.74, 6) is 0.757. The van der Waals surface area contributed by atoms with Crippen molar-refractivity contribution >= 4 is 17.4 Å². The number of anilines is 1. The third-order valence-corrected chi connectivity index (χ3v) is 3.21. The van der Waals surface area contributed by atoms with Crippen LogP contribution in [0.1, 0.15) is 37.8 Å². The summed E-state index contributed by atoms with van der Waals surface area (Å²) in [5, 5.41) is 12.6. The van der Waals surface area contributed by atoms with Gasteiger partial charge >= 0.3 is 0 Å². The molecule has 0 aromatic carbocycles. The van der Waals surface area contributed by atoms with Gasteiger partial charge in [0.1, 0.15) is 11.9 Å². The van der Waals surface area contributed by atoms with Crippen LogP contribution in [-0.4, -0.2) is 11.0 Å². The number of aromatic nitrogens is 1. The average molecular weight is 236 g/mol. The summed E-state index contributed by atoms with van der Waals surface area (Å²) in [7, 11) is 0. The van der Waals surface area contributed by atoms with Crippen molar-refractivity contribution in [2.75, 3.05) is 5.32 Å². The van der Waals surface area contributed by atoms with Crippen LogP contribution in [0, 0.1) is 11.3 Å². The fraction of sp³-hybridized carbons (Fsp3) is 0.500. The molecule has 0 radical (unpaired) electrons. The van der Waals surface area contributed by atoms with E-state index in [9.17, 15) is 0 Å². The number of halogens is 1. The van der Waals surface area contributed by atoms with Crippen molar-refractivity contribution in [1.29, 1.82) is 5.26 Å². The van der Waals surface area contributed by atoms with E-state index in [0.29, 0.717) is 16.8 Å². The number of pyridine rings is 1. The summed E-state index contributed by atoms with van der Waals surface area (Å²) in [5.41, 5.74) is 0.294. The van der Waals surface area contributed by atoms with E-state index in [0.717, 1.165) is 5.82 Å². The van der Waals surface area contributed by atoms with Crippen molar-refractivity contribution in [3.05, 3.63) is 22.8 Å². The van der Waals surface area contributed by atoms with Crippen molar-refractivity contribution in [3.63, 3.8) is 0 Å². The number of rotatable bonds is 2. The van der Waals surface area contributed by atoms with Crippen molar-refractivity contribution in [2.45, 2.75) is 38.1 Å². The van der Waals surface area contributed by atoms with Gasteiger partial charge in [-0.1, -0.05) is 30.9 Å². The first-order chi connectivity index (χ1) is 7.79. The summed E-state index contributed by atoms with van der Waals surface area (Å²) in [6, 6.07) is 6.04. The predicted molar refractivity (Wildman–Crippen MR) is 64.5 cm³/mol. The lowest BCUT2D eigenvalue weighted by molar-refractivity contribution is 0.462. The molecule has 1 aromatic heterocycles. The minimum atomic E-state index is 0.294. The van der Waals surface area contributed by atoms with Gasteiger partial charge < -0.3 is 5.32 Å². The van der Waals surface area contributed by atoms with Crippen LogP contribution in [0.2, 0.25) is 5.02 Å². The normalized spacial score (nSPS) is 16.8. The molecule has 1 heterocycles. The molecule has 0 unspecified atom stereocenters. The Morgan fingerprint density at radius 3 is 2.75 bits per heavy atom. The Balaban J connectivity index is 2.06. The van der Waals surface area contributed by atoms with Crippen LogP contribution in [0.5, 0.6) is 0 Å². The lowest BCUT2D eigenvalue weighted by Gasteiger charge is -2.23. The van der Waals surface area contributed by atoms with E-state index >= 15 is 0 Å². The summed E-state index contributed by atoms with van der Waals surface area (Å²) in [6.07, 6.45) is 6.25. The first-order valence-corrected chi connectivity index (χ1v) is 6.00. The largest absolute Gasteiger partial charge is 0.367 e. The Hall–Kier alpha value is -1.27. The molecule has 0 saturated heterocycles. The molecule has 2 rings (SSSR count). The van der Waals surface area contributed by atoms with E-state index in [1.54, 1.807) is 6.07 Å². The molecule has 3 nitrogen and oxygen atoms in total. The second-order valence-corrected chi connectivity index (χ2v) is 4.53. The zero-order chi connectivity index (χ0) is 11.4. The van der Waals surface area contributed by atoms with Gasteiger partial charge in [-0.3, -0.25) is 0 Å². The molecule has 0 amide bonds. The molecule has 0 bridgehead atoms. The molecule has 4 heteroatoms. The van der Waals surface area contributed by atoms with Gasteiger partial charge in [0.05, 0.1) is 5.02 Å². The Morgan fingerprint density at radius 2 is 2.06 bits per heavy atom. The van der Waals surface area contributed by atoms with E-state index in [1.165, 1.54) is 32.1 Å². The molecule has 84 valence electrons. The van der Waals surface area contributed by atoms with E-state index in [-0.39, 0.29) is 0 Å². The maximum absolute atomic E-state index is 8.82. The lowest BCUT2D eigenvalue weighted by Crippen LogP contribution is -2.22. The Bertz CT molecular complexity index is 405. The fourth-order valence-electron chi connectivity index (χ4n) is 2.06. The molecule has 16 heavy (non-hydrogen) atoms. The predicted octanol–water partition coefficient (Wildman–Crippen LogP) is 3.35. The van der Waals surface area contributed by atoms with Crippen LogP contribution in [-0.2, 0) is 0 Å². The molecule has 0 aliphatic heterocycles. The molecule has 0 atom stereocenters. The highest BCUT2D eigenvalue weighted by Gasteiger charge is 2.13. The Kier molecular flexibility index (Phi) is 3.63. The Labute approximate surface area is 100 Å². The summed E-state index contributed by atoms with van der Waals surface area (Å²) in [4.78, 5) is 4.18. The first kappa shape index (κ1) is 11.2. The molecule has 1 aliphatic rings. The summed E-state index contributed by atoms with van der Waals surface area (Å²) in [6.45, 7) is 0. The maximum atomic E-state index is 8.82. The quantitative estimate of drug-likeness (QED) is 0.855. The number of hydrogen-bond acceptors (Lipinski definition) is 3. The van der Waals surface area contributed by atoms with Crippen LogP contribution < -0.4 is 5.32 Å². The minimum Gasteiger partial charge on any atom is -0.367 e. The van der Waals surface area contributed by atoms with E-state index in [4.69, 9.17) is 16.9 Å². The highest BCUT2D eigenvalue weighted by atomic mass is 35.5. The summed E-state index contributed by atoms with van der Waals surface area (Å²) >= 11 is 5.83. The number of nitrogens with one attached hydrogen (secondary N) is 1. The van der Waals surface area contributed by atoms with Crippen LogP contribution in [0.15, 0.2) is 12.1 Å². The fourth-order valence-corrected chi connectivity index (χ4v) is 2.20. The zero-order valence-electron chi connectivity index (χ0n) is 9.04. The van der Waals surface area contributed by atoms with E-state index in [2.05, 4.69) is 10.3 Å². The molecule has 1 aliphatic carbocycles. The highest BCUT2D eigenvalue weighted by molar-refractivity contribution is 6.31. The maximum Gasteiger partial charge on any atom is 0.161 e. The number of hydrogen-bond donors (Lipinski definition) is 1. The van der Waals surface area contributed by atoms with Crippen LogP contribution in [0.3, 0.4) is 0 Å². The molecule has 1 fully saturated rings. The van der Waals surface area contributed by atoms with Crippen molar-refractivity contribution in [1.82, 2.24) is 4.98 Å². The molecular formula is C12H14ClN3. The monoisotopic (exact) mass is 235 g/mol. The zero-order valence-corrected chi connectivity index (χ0v) is 9.80. The highest BCUT2D eigenvalue weighted by Crippen LogP contribution is 2.22. The van der Waals surface area contributed by atoms with Crippen molar-refractivity contribution in [3.8, 4) is 6.07 Å². The van der Waals surface area contributed by atoms with Gasteiger partial charge in [-0.2, -0.15) is 5.26 Å². The SMILES string of the molecule is N#Cc1nc(NC2CCCCC2)ccc1Cl. The van der Waals surface area contributed by atoms with Gasteiger partial charge in [0, 0.05) is 6.04 Å². The van der Waals surface area contributed by atoms with Crippen molar-refractivity contribution < 1.29 is 0 Å². The van der Waals surface area contributed by atoms with Gasteiger partial charge in [-0.25, -0.2) is 4.98 Å². The van der Waals surface area contributed by atoms with Gasteiger partial charge in [-0.05, 0) is 25.0 Å². The molecule has 1 saturated carbocycles. The lowest BCUT2D eigenvalue weighted by atomic mass is 9.95. The van der Waals surface area contributed by atoms with Gasteiger partial charge in [0.15, 0.2) is 5.69 Å². The van der Waals surface area contributed by atoms with Gasteiger partial charge in [0.2, 0.25) is 0 Å². The molecule has 0 spiro atoms. The first-order valence-electron chi connectivity index (χ1n) is 5.63. The van der Waals surface area contributed by atoms with Crippen LogP contribution in [0.4, 0.5) is 5.82 Å². The van der Waals surface area contributed by atoms with Gasteiger partial charge in [-0.15, -0.1) is 0 Å². The minimum absolute atomic E-state index is 0.294. The molecule has 1 aromatic rings. The second-order valence-electron chi connectivity index (χ2n) is 4.12. The molecule has 1 N–H and O–H groups in total. The topological polar surface area (TPSA) is 48.7 Å². The third kappa shape index (κ3) is 2.65. The standard InChI is InChI=1S/C12H14ClN3/c13-10-6-7-12(16-11(10)8-14)15-9-4-2-1-3-5-9/h6-7,9H,1-5H2,(H,15,16). The smallest absolute Gasteiger partial charge is 0.161 e. The van der Waals surface area contributed by atoms with Crippen LogP contribution >= 0.6 is 11.6 Å². The number of nitrogens with zero attached hydrogens (tertiary/aromatic N) is 2. The number of nitriles is 1. The Morgan fingerprint density at radius 1 is 1.31 bits per heavy atom. The van der Waals surface area contributed by atoms with Gasteiger partial charge in [0.25, 0.3) is 0 Å². The molecular weight excluding hydrogens is 222 g/mol. The van der Waals surface area contributed by atoms with E-state index < -0.39 is 0 Å². The van der Waals surface area contributed by atoms with Crippen LogP contribution in [0.25, 0.3) is 0 Å². The van der Waals surface area contributed by atoms with E-state index in [1.807, 2.05) is 12.1 Å².